The van der Waals surface area contributed by atoms with Crippen LogP contribution in [-0.4, -0.2) is 29.6 Å². The Morgan fingerprint density at radius 2 is 0.954 bits per heavy atom. The summed E-state index contributed by atoms with van der Waals surface area (Å²) < 4.78 is 101. The van der Waals surface area contributed by atoms with E-state index < -0.39 is 30.7 Å². The number of nitrogens with zero attached hydrogens (tertiary/aromatic N) is 2. The van der Waals surface area contributed by atoms with E-state index in [1.807, 2.05) is 72.2 Å². The Morgan fingerprint density at radius 3 is 1.43 bits per heavy atom. The molecule has 0 spiro atoms. The Balaban J connectivity index is 1.50. The van der Waals surface area contributed by atoms with Gasteiger partial charge in [0.05, 0.1) is 33.5 Å². The molecule has 0 saturated heterocycles. The van der Waals surface area contributed by atoms with Crippen LogP contribution >= 0.6 is 0 Å². The lowest BCUT2D eigenvalue weighted by atomic mass is 9.85. The van der Waals surface area contributed by atoms with Crippen LogP contribution < -0.4 is 9.31 Å². The Bertz CT molecular complexity index is 2820. The average Bonchev–Trinajstić information content (AvgIpc) is 3.81. The second-order valence-electron chi connectivity index (χ2n) is 18.3. The normalized spacial score (nSPS) is 13.9. The summed E-state index contributed by atoms with van der Waals surface area (Å²) >= 11 is 0. The lowest BCUT2D eigenvalue weighted by Gasteiger charge is -2.24. The topological polar surface area (TPSA) is 26.4 Å². The molecular formula is C54H48BF6N2O2+. The molecule has 0 fully saturated rings. The van der Waals surface area contributed by atoms with Gasteiger partial charge in [-0.3, -0.25) is 0 Å². The molecular weight excluding hydrogens is 833 g/mol. The van der Waals surface area contributed by atoms with Gasteiger partial charge in [0, 0.05) is 11.3 Å². The Kier molecular flexibility index (Phi) is 11.7. The fourth-order valence-electron chi connectivity index (χ4n) is 8.13. The van der Waals surface area contributed by atoms with Crippen molar-refractivity contribution in [2.24, 2.45) is 0 Å². The summed E-state index contributed by atoms with van der Waals surface area (Å²) in [6, 6.07) is 45.0. The van der Waals surface area contributed by atoms with Crippen molar-refractivity contribution in [1.29, 1.82) is 0 Å². The quantitative estimate of drug-likeness (QED) is 0.0820. The fraction of sp³-hybridized carbons (Fsp3) is 0.204. The molecule has 4 nitrogen and oxygen atoms in total. The van der Waals surface area contributed by atoms with Gasteiger partial charge in [0.15, 0.2) is 6.21 Å². The number of fused-ring (bicyclic) bond motifs is 1. The maximum absolute atomic E-state index is 13.9. The van der Waals surface area contributed by atoms with E-state index in [4.69, 9.17) is 9.31 Å². The third kappa shape index (κ3) is 9.42. The largest absolute Gasteiger partial charge is 0.743 e. The summed E-state index contributed by atoms with van der Waals surface area (Å²) in [6.45, 7) is 12.8. The summed E-state index contributed by atoms with van der Waals surface area (Å²) in [5.41, 5.74) is 8.20. The van der Waals surface area contributed by atoms with Gasteiger partial charge in [0.1, 0.15) is 18.5 Å². The van der Waals surface area contributed by atoms with Crippen LogP contribution in [0.5, 0.6) is 11.5 Å². The molecule has 0 unspecified atom stereocenters. The highest BCUT2D eigenvalue weighted by Gasteiger charge is 2.41. The predicted octanol–water partition coefficient (Wildman–Crippen LogP) is 14.4. The van der Waals surface area contributed by atoms with Crippen LogP contribution in [-0.2, 0) is 23.2 Å². The zero-order valence-corrected chi connectivity index (χ0v) is 37.1. The first kappa shape index (κ1) is 44.8. The molecule has 0 saturated carbocycles. The first-order valence-corrected chi connectivity index (χ1v) is 21.3. The van der Waals surface area contributed by atoms with Crippen LogP contribution in [0.3, 0.4) is 0 Å². The lowest BCUT2D eigenvalue weighted by Crippen LogP contribution is -2.40. The highest BCUT2D eigenvalue weighted by atomic mass is 19.4. The molecule has 0 bridgehead atoms. The van der Waals surface area contributed by atoms with Gasteiger partial charge >= 0.3 is 19.6 Å². The zero-order valence-electron chi connectivity index (χ0n) is 37.1. The van der Waals surface area contributed by atoms with E-state index in [0.29, 0.717) is 11.4 Å². The van der Waals surface area contributed by atoms with Crippen molar-refractivity contribution in [3.8, 4) is 33.9 Å². The lowest BCUT2D eigenvalue weighted by molar-refractivity contribution is -0.385. The zero-order chi connectivity index (χ0) is 46.5. The third-order valence-corrected chi connectivity index (χ3v) is 11.6. The van der Waals surface area contributed by atoms with Gasteiger partial charge in [0.2, 0.25) is 5.70 Å². The molecule has 1 aliphatic heterocycles. The van der Waals surface area contributed by atoms with Gasteiger partial charge in [-0.1, -0.05) is 133 Å². The minimum Gasteiger partial charge on any atom is -0.507 e. The summed E-state index contributed by atoms with van der Waals surface area (Å²) in [5, 5.41) is 0. The van der Waals surface area contributed by atoms with Gasteiger partial charge in [0.25, 0.3) is 0 Å². The van der Waals surface area contributed by atoms with Crippen molar-refractivity contribution in [1.82, 2.24) is 4.48 Å². The molecule has 11 heteroatoms. The summed E-state index contributed by atoms with van der Waals surface area (Å²) in [7, 11) is 0.466. The monoisotopic (exact) mass is 881 g/mol. The third-order valence-electron chi connectivity index (χ3n) is 11.6. The van der Waals surface area contributed by atoms with E-state index in [9.17, 15) is 26.3 Å². The minimum absolute atomic E-state index is 0.0326. The summed E-state index contributed by atoms with van der Waals surface area (Å²) in [4.78, 5) is 0. The van der Waals surface area contributed by atoms with Crippen LogP contribution in [0.15, 0.2) is 158 Å². The maximum atomic E-state index is 13.9. The molecule has 0 N–H and O–H groups in total. The van der Waals surface area contributed by atoms with Gasteiger partial charge < -0.3 is 13.8 Å². The van der Waals surface area contributed by atoms with Crippen molar-refractivity contribution in [2.45, 2.75) is 64.7 Å². The van der Waals surface area contributed by atoms with Gasteiger partial charge in [-0.15, -0.1) is 0 Å². The molecule has 65 heavy (non-hydrogen) atoms. The summed E-state index contributed by atoms with van der Waals surface area (Å²) in [6.07, 6.45) is -7.16. The molecule has 0 atom stereocenters. The molecule has 8 rings (SSSR count). The number of hydrogen-bond acceptors (Lipinski definition) is 2. The minimum atomic E-state index is -4.61. The standard InChI is InChI=1S/C54H48BF6N2O2/c1-51(2,3)39-21-17-35(18-22-39)46-33-47(36-19-23-40(24-20-36)52(4,5)6)63(50(46)48(37-13-9-8-10-14-37)49-45-16-12-11-15-38(45)34-62(49)7)55(64-43-29-25-41(26-30-43)53(56,57)58)65-44-31-27-42(28-32-44)54(59,60)61/h8-34H,1-7H3/q+1. The molecule has 7 aromatic rings. The molecule has 6 aromatic carbocycles. The average molecular weight is 882 g/mol. The molecule has 0 radical (unpaired) electrons. The first-order chi connectivity index (χ1) is 30.7. The highest BCUT2D eigenvalue weighted by Crippen LogP contribution is 2.45. The van der Waals surface area contributed by atoms with Crippen molar-refractivity contribution in [2.75, 3.05) is 7.05 Å². The van der Waals surface area contributed by atoms with Crippen LogP contribution in [0, 0.1) is 0 Å². The number of hydrogen-bond donors (Lipinski definition) is 0. The van der Waals surface area contributed by atoms with Crippen molar-refractivity contribution in [3.05, 3.63) is 202 Å². The highest BCUT2D eigenvalue weighted by molar-refractivity contribution is 6.46. The first-order valence-electron chi connectivity index (χ1n) is 21.3. The smallest absolute Gasteiger partial charge is 0.507 e. The van der Waals surface area contributed by atoms with Crippen LogP contribution in [0.4, 0.5) is 26.3 Å². The second-order valence-corrected chi connectivity index (χ2v) is 18.3. The SMILES string of the molecule is C[N+]1=Cc2ccccc2/C1=C(\c1ccccc1)c1c(-c2ccc(C(C)(C)C)cc2)cc(-c2ccc(C(C)(C)C)cc2)n1B(Oc1ccc(C(F)(F)F)cc1)Oc1ccc(C(F)(F)F)cc1. The van der Waals surface area contributed by atoms with Crippen molar-refractivity contribution in [3.63, 3.8) is 0 Å². The Labute approximate surface area is 376 Å². The van der Waals surface area contributed by atoms with E-state index in [0.717, 1.165) is 80.0 Å². The van der Waals surface area contributed by atoms with Gasteiger partial charge in [-0.05, 0) is 105 Å². The molecule has 1 aliphatic rings. The van der Waals surface area contributed by atoms with Gasteiger partial charge in [-0.25, -0.2) is 0 Å². The van der Waals surface area contributed by atoms with Crippen LogP contribution in [0.1, 0.15) is 86.2 Å². The molecule has 2 heterocycles. The Morgan fingerprint density at radius 1 is 0.508 bits per heavy atom. The number of alkyl halides is 6. The van der Waals surface area contributed by atoms with E-state index in [1.165, 1.54) is 24.3 Å². The van der Waals surface area contributed by atoms with E-state index in [2.05, 4.69) is 101 Å². The van der Waals surface area contributed by atoms with E-state index in [-0.39, 0.29) is 22.3 Å². The molecule has 0 aliphatic carbocycles. The number of rotatable bonds is 9. The second kappa shape index (κ2) is 17.0. The summed E-state index contributed by atoms with van der Waals surface area (Å²) in [5.74, 6) is 0.0653. The Hall–Kier alpha value is -6.75. The predicted molar refractivity (Wildman–Crippen MR) is 248 cm³/mol. The van der Waals surface area contributed by atoms with Crippen molar-refractivity contribution >= 4 is 24.7 Å². The number of benzene rings is 6. The van der Waals surface area contributed by atoms with Crippen LogP contribution in [0.2, 0.25) is 0 Å². The van der Waals surface area contributed by atoms with Gasteiger partial charge in [-0.2, -0.15) is 30.9 Å². The molecule has 330 valence electrons. The number of aromatic nitrogens is 1. The maximum Gasteiger partial charge on any atom is 0.743 e. The van der Waals surface area contributed by atoms with Crippen molar-refractivity contribution < 1.29 is 40.2 Å². The number of halogens is 6. The molecule has 1 aromatic heterocycles. The van der Waals surface area contributed by atoms with Crippen LogP contribution in [0.25, 0.3) is 33.7 Å². The molecule has 0 amide bonds. The van der Waals surface area contributed by atoms with E-state index in [1.54, 1.807) is 0 Å². The fourth-order valence-corrected chi connectivity index (χ4v) is 8.13. The van der Waals surface area contributed by atoms with E-state index >= 15 is 0 Å².